The number of rotatable bonds is 7. The molecule has 5 rings (SSSR count). The van der Waals surface area contributed by atoms with Crippen LogP contribution in [0.2, 0.25) is 5.02 Å². The molecule has 1 N–H and O–H groups in total. The number of hydrogen-bond acceptors (Lipinski definition) is 4. The SMILES string of the molecule is O=C(O)CCN1CCC2(CC1)COc1cc(OCc3cc(-c4ccccc4)ccc3Cl)ccc12. The average molecular weight is 478 g/mol. The maximum Gasteiger partial charge on any atom is 0.304 e. The van der Waals surface area contributed by atoms with Crippen molar-refractivity contribution < 1.29 is 19.4 Å². The molecular weight excluding hydrogens is 450 g/mol. The van der Waals surface area contributed by atoms with Crippen molar-refractivity contribution in [1.29, 1.82) is 0 Å². The second-order valence-corrected chi connectivity index (χ2v) is 9.58. The number of carbonyl (C=O) groups is 1. The van der Waals surface area contributed by atoms with Crippen LogP contribution in [0.5, 0.6) is 11.5 Å². The number of nitrogens with zero attached hydrogens (tertiary/aromatic N) is 1. The molecule has 2 heterocycles. The Morgan fingerprint density at radius 2 is 1.82 bits per heavy atom. The molecule has 2 aliphatic heterocycles. The van der Waals surface area contributed by atoms with Crippen LogP contribution in [-0.2, 0) is 16.8 Å². The molecule has 0 unspecified atom stereocenters. The van der Waals surface area contributed by atoms with Gasteiger partial charge in [0.2, 0.25) is 0 Å². The Hall–Kier alpha value is -3.02. The van der Waals surface area contributed by atoms with Crippen molar-refractivity contribution in [2.75, 3.05) is 26.2 Å². The summed E-state index contributed by atoms with van der Waals surface area (Å²) in [7, 11) is 0. The van der Waals surface area contributed by atoms with Crippen molar-refractivity contribution in [1.82, 2.24) is 4.90 Å². The molecule has 1 spiro atoms. The first-order valence-electron chi connectivity index (χ1n) is 11.7. The van der Waals surface area contributed by atoms with E-state index >= 15 is 0 Å². The molecule has 0 aliphatic carbocycles. The van der Waals surface area contributed by atoms with Crippen molar-refractivity contribution in [3.8, 4) is 22.6 Å². The quantitative estimate of drug-likeness (QED) is 0.467. The molecule has 0 radical (unpaired) electrons. The Morgan fingerprint density at radius 1 is 1.03 bits per heavy atom. The molecule has 6 heteroatoms. The molecule has 0 saturated carbocycles. The van der Waals surface area contributed by atoms with Crippen LogP contribution >= 0.6 is 11.6 Å². The Kier molecular flexibility index (Phi) is 6.48. The largest absolute Gasteiger partial charge is 0.492 e. The summed E-state index contributed by atoms with van der Waals surface area (Å²) in [5.74, 6) is 0.909. The fourth-order valence-electron chi connectivity index (χ4n) is 4.97. The van der Waals surface area contributed by atoms with Gasteiger partial charge in [-0.25, -0.2) is 0 Å². The zero-order valence-corrected chi connectivity index (χ0v) is 19.8. The lowest BCUT2D eigenvalue weighted by molar-refractivity contribution is -0.137. The summed E-state index contributed by atoms with van der Waals surface area (Å²) in [6, 6.07) is 22.4. The van der Waals surface area contributed by atoms with Gasteiger partial charge < -0.3 is 19.5 Å². The Bertz CT molecular complexity index is 1170. The first-order valence-corrected chi connectivity index (χ1v) is 12.1. The highest BCUT2D eigenvalue weighted by Gasteiger charge is 2.43. The molecule has 176 valence electrons. The van der Waals surface area contributed by atoms with Gasteiger partial charge in [-0.2, -0.15) is 0 Å². The van der Waals surface area contributed by atoms with E-state index in [9.17, 15) is 4.79 Å². The number of piperidine rings is 1. The molecule has 5 nitrogen and oxygen atoms in total. The number of hydrogen-bond donors (Lipinski definition) is 1. The predicted octanol–water partition coefficient (Wildman–Crippen LogP) is 5.79. The molecule has 0 bridgehead atoms. The lowest BCUT2D eigenvalue weighted by Gasteiger charge is -2.38. The van der Waals surface area contributed by atoms with E-state index in [1.54, 1.807) is 0 Å². The van der Waals surface area contributed by atoms with E-state index in [-0.39, 0.29) is 11.8 Å². The minimum Gasteiger partial charge on any atom is -0.492 e. The third kappa shape index (κ3) is 4.77. The highest BCUT2D eigenvalue weighted by Crippen LogP contribution is 2.46. The van der Waals surface area contributed by atoms with Crippen LogP contribution in [0.1, 0.15) is 30.4 Å². The van der Waals surface area contributed by atoms with Gasteiger partial charge in [-0.3, -0.25) is 4.79 Å². The van der Waals surface area contributed by atoms with Crippen LogP contribution in [0.3, 0.4) is 0 Å². The molecule has 3 aromatic rings. The second kappa shape index (κ2) is 9.69. The van der Waals surface area contributed by atoms with Crippen LogP contribution in [0.15, 0.2) is 66.7 Å². The molecule has 34 heavy (non-hydrogen) atoms. The Morgan fingerprint density at radius 3 is 2.59 bits per heavy atom. The highest BCUT2D eigenvalue weighted by molar-refractivity contribution is 6.31. The number of likely N-dealkylation sites (tertiary alicyclic amines) is 1. The fraction of sp³-hybridized carbons (Fsp3) is 0.321. The van der Waals surface area contributed by atoms with Crippen LogP contribution in [0.25, 0.3) is 11.1 Å². The first kappa shape index (κ1) is 22.8. The normalized spacial score (nSPS) is 16.7. The second-order valence-electron chi connectivity index (χ2n) is 9.17. The van der Waals surface area contributed by atoms with Crippen molar-refractivity contribution in [2.45, 2.75) is 31.3 Å². The summed E-state index contributed by atoms with van der Waals surface area (Å²) in [6.45, 7) is 3.45. The third-order valence-corrected chi connectivity index (χ3v) is 7.40. The van der Waals surface area contributed by atoms with Crippen LogP contribution < -0.4 is 9.47 Å². The van der Waals surface area contributed by atoms with Gasteiger partial charge in [0, 0.05) is 34.2 Å². The van der Waals surface area contributed by atoms with Gasteiger partial charge in [-0.15, -0.1) is 0 Å². The zero-order valence-electron chi connectivity index (χ0n) is 19.0. The number of benzene rings is 3. The number of ether oxygens (including phenoxy) is 2. The maximum absolute atomic E-state index is 10.9. The number of aliphatic carboxylic acids is 1. The van der Waals surface area contributed by atoms with E-state index in [2.05, 4.69) is 29.2 Å². The van der Waals surface area contributed by atoms with Gasteiger partial charge in [0.15, 0.2) is 0 Å². The number of halogens is 1. The van der Waals surface area contributed by atoms with Crippen molar-refractivity contribution in [2.24, 2.45) is 0 Å². The van der Waals surface area contributed by atoms with E-state index in [1.165, 1.54) is 5.56 Å². The van der Waals surface area contributed by atoms with Gasteiger partial charge >= 0.3 is 5.97 Å². The molecule has 1 fully saturated rings. The summed E-state index contributed by atoms with van der Waals surface area (Å²) in [6.07, 6.45) is 2.14. The van der Waals surface area contributed by atoms with Crippen molar-refractivity contribution >= 4 is 17.6 Å². The summed E-state index contributed by atoms with van der Waals surface area (Å²) in [5.41, 5.74) is 4.45. The maximum atomic E-state index is 10.9. The standard InChI is InChI=1S/C28H28ClNO4/c29-25-9-6-21(20-4-2-1-3-5-20)16-22(25)18-33-23-7-8-24-26(17-23)34-19-28(24)11-14-30(15-12-28)13-10-27(31)32/h1-9,16-17H,10-15,18-19H2,(H,31,32). The molecule has 0 atom stereocenters. The summed E-state index contributed by atoms with van der Waals surface area (Å²) in [4.78, 5) is 13.1. The first-order chi connectivity index (χ1) is 16.5. The minimum absolute atomic E-state index is 0.0148. The van der Waals surface area contributed by atoms with Gasteiger partial charge in [-0.1, -0.05) is 54.1 Å². The van der Waals surface area contributed by atoms with Crippen LogP contribution in [-0.4, -0.2) is 42.2 Å². The monoisotopic (exact) mass is 477 g/mol. The molecule has 0 aromatic heterocycles. The lowest BCUT2D eigenvalue weighted by atomic mass is 9.74. The van der Waals surface area contributed by atoms with Gasteiger partial charge in [0.1, 0.15) is 18.1 Å². The molecule has 1 saturated heterocycles. The van der Waals surface area contributed by atoms with Gasteiger partial charge in [0.25, 0.3) is 0 Å². The van der Waals surface area contributed by atoms with E-state index in [1.807, 2.05) is 42.5 Å². The van der Waals surface area contributed by atoms with E-state index in [0.717, 1.165) is 54.1 Å². The Labute approximate surface area is 204 Å². The van der Waals surface area contributed by atoms with E-state index in [4.69, 9.17) is 26.2 Å². The van der Waals surface area contributed by atoms with E-state index < -0.39 is 5.97 Å². The predicted molar refractivity (Wildman–Crippen MR) is 133 cm³/mol. The molecule has 0 amide bonds. The number of carboxylic acids is 1. The van der Waals surface area contributed by atoms with E-state index in [0.29, 0.717) is 24.8 Å². The van der Waals surface area contributed by atoms with Gasteiger partial charge in [0.05, 0.1) is 13.0 Å². The van der Waals surface area contributed by atoms with Gasteiger partial charge in [-0.05, 0) is 55.3 Å². The molecular formula is C28H28ClNO4. The van der Waals surface area contributed by atoms with Crippen molar-refractivity contribution in [3.05, 3.63) is 82.9 Å². The lowest BCUT2D eigenvalue weighted by Crippen LogP contribution is -2.44. The topological polar surface area (TPSA) is 59.0 Å². The van der Waals surface area contributed by atoms with Crippen LogP contribution in [0.4, 0.5) is 0 Å². The summed E-state index contributed by atoms with van der Waals surface area (Å²) in [5, 5.41) is 9.62. The number of fused-ring (bicyclic) bond motifs is 2. The smallest absolute Gasteiger partial charge is 0.304 e. The average Bonchev–Trinajstić information content (AvgIpc) is 3.21. The summed E-state index contributed by atoms with van der Waals surface area (Å²) >= 11 is 6.45. The van der Waals surface area contributed by atoms with Crippen molar-refractivity contribution in [3.63, 3.8) is 0 Å². The third-order valence-electron chi connectivity index (χ3n) is 7.03. The zero-order chi connectivity index (χ0) is 23.5. The molecule has 3 aromatic carbocycles. The Balaban J connectivity index is 1.25. The summed E-state index contributed by atoms with van der Waals surface area (Å²) < 4.78 is 12.2. The number of carboxylic acid groups (broad SMARTS) is 1. The highest BCUT2D eigenvalue weighted by atomic mass is 35.5. The molecule has 2 aliphatic rings. The fourth-order valence-corrected chi connectivity index (χ4v) is 5.14. The minimum atomic E-state index is -0.740. The van der Waals surface area contributed by atoms with Crippen LogP contribution in [0, 0.1) is 0 Å².